The van der Waals surface area contributed by atoms with Crippen molar-refractivity contribution in [2.45, 2.75) is 31.8 Å². The van der Waals surface area contributed by atoms with Gasteiger partial charge in [0.1, 0.15) is 6.07 Å². The van der Waals surface area contributed by atoms with Crippen LogP contribution >= 0.6 is 11.6 Å². The summed E-state index contributed by atoms with van der Waals surface area (Å²) in [5.74, 6) is 1.23. The highest BCUT2D eigenvalue weighted by atomic mass is 35.5. The highest BCUT2D eigenvalue weighted by Crippen LogP contribution is 2.37. The first kappa shape index (κ1) is 28.4. The first-order chi connectivity index (χ1) is 18.9. The molecule has 4 N–H and O–H groups in total. The van der Waals surface area contributed by atoms with Gasteiger partial charge in [-0.1, -0.05) is 23.8 Å². The molecule has 4 rings (SSSR count). The quantitative estimate of drug-likeness (QED) is 0.218. The highest BCUT2D eigenvalue weighted by Gasteiger charge is 2.40. The van der Waals surface area contributed by atoms with Gasteiger partial charge in [-0.2, -0.15) is 10.4 Å². The molecule has 3 atom stereocenters. The Balaban J connectivity index is 1.35. The molecule has 0 bridgehead atoms. The number of hydrogen-bond donors (Lipinski definition) is 3. The summed E-state index contributed by atoms with van der Waals surface area (Å²) in [6.07, 6.45) is 6.39. The number of halogens is 1. The fourth-order valence-corrected chi connectivity index (χ4v) is 5.28. The van der Waals surface area contributed by atoms with Crippen LogP contribution < -0.4 is 20.5 Å². The Morgan fingerprint density at radius 3 is 2.64 bits per heavy atom. The average Bonchev–Trinajstić information content (AvgIpc) is 2.96. The number of methoxy groups -OCH3 is 2. The van der Waals surface area contributed by atoms with E-state index in [0.717, 1.165) is 30.5 Å². The van der Waals surface area contributed by atoms with Crippen molar-refractivity contribution in [2.75, 3.05) is 39.6 Å². The molecule has 2 aliphatic rings. The summed E-state index contributed by atoms with van der Waals surface area (Å²) in [5, 5.41) is 29.6. The number of hydrogen-bond acceptors (Lipinski definition) is 8. The Morgan fingerprint density at radius 1 is 1.18 bits per heavy atom. The molecule has 10 heteroatoms. The Morgan fingerprint density at radius 2 is 1.92 bits per heavy atom. The van der Waals surface area contributed by atoms with E-state index in [1.807, 2.05) is 24.3 Å². The molecular formula is C29H34ClN5O4. The van der Waals surface area contributed by atoms with Gasteiger partial charge >= 0.3 is 0 Å². The topological polar surface area (TPSA) is 133 Å². The molecule has 2 aromatic rings. The SMILES string of the molecule is COc1ccc(C2=NN(CCCCNCC(O)c3cc(Cl)c(N)c(C#N)c3)C(=O)C3CC=CCC23)cc1OC. The highest BCUT2D eigenvalue weighted by molar-refractivity contribution is 6.33. The maximum absolute atomic E-state index is 13.3. The van der Waals surface area contributed by atoms with E-state index in [4.69, 9.17) is 31.9 Å². The Kier molecular flexibility index (Phi) is 9.46. The van der Waals surface area contributed by atoms with Crippen molar-refractivity contribution in [3.8, 4) is 17.6 Å². The third-order valence-electron chi connectivity index (χ3n) is 7.23. The van der Waals surface area contributed by atoms with Gasteiger partial charge in [-0.15, -0.1) is 0 Å². The van der Waals surface area contributed by atoms with Crippen LogP contribution in [0.1, 0.15) is 48.5 Å². The lowest BCUT2D eigenvalue weighted by Gasteiger charge is -2.37. The van der Waals surface area contributed by atoms with Crippen molar-refractivity contribution < 1.29 is 19.4 Å². The van der Waals surface area contributed by atoms with Crippen molar-refractivity contribution in [1.29, 1.82) is 5.26 Å². The van der Waals surface area contributed by atoms with Gasteiger partial charge in [0.05, 0.1) is 48.2 Å². The van der Waals surface area contributed by atoms with Crippen LogP contribution in [0, 0.1) is 23.2 Å². The fraction of sp³-hybridized carbons (Fsp3) is 0.414. The van der Waals surface area contributed by atoms with Crippen molar-refractivity contribution >= 4 is 28.9 Å². The monoisotopic (exact) mass is 551 g/mol. The predicted octanol–water partition coefficient (Wildman–Crippen LogP) is 4.04. The number of hydrazone groups is 1. The number of carbonyl (C=O) groups is 1. The van der Waals surface area contributed by atoms with Gasteiger partial charge in [0.15, 0.2) is 11.5 Å². The van der Waals surface area contributed by atoms with E-state index >= 15 is 0 Å². The van der Waals surface area contributed by atoms with Crippen LogP contribution in [0.3, 0.4) is 0 Å². The van der Waals surface area contributed by atoms with Crippen molar-refractivity contribution in [2.24, 2.45) is 16.9 Å². The van der Waals surface area contributed by atoms with E-state index in [2.05, 4.69) is 17.5 Å². The van der Waals surface area contributed by atoms with Crippen LogP contribution in [0.15, 0.2) is 47.6 Å². The molecule has 1 amide bonds. The van der Waals surface area contributed by atoms with Crippen molar-refractivity contribution in [3.63, 3.8) is 0 Å². The Bertz CT molecular complexity index is 1310. The largest absolute Gasteiger partial charge is 0.493 e. The van der Waals surface area contributed by atoms with Crippen LogP contribution in [0.4, 0.5) is 5.69 Å². The molecule has 0 radical (unpaired) electrons. The number of nitrogens with two attached hydrogens (primary N) is 1. The molecular weight excluding hydrogens is 518 g/mol. The Hall–Kier alpha value is -3.58. The summed E-state index contributed by atoms with van der Waals surface area (Å²) in [6, 6.07) is 10.9. The number of aliphatic hydroxyl groups is 1. The van der Waals surface area contributed by atoms with Gasteiger partial charge in [0.25, 0.3) is 0 Å². The summed E-state index contributed by atoms with van der Waals surface area (Å²) >= 11 is 6.08. The zero-order valence-electron chi connectivity index (χ0n) is 22.2. The standard InChI is InChI=1S/C29H34ClN5O4/c1-38-25-10-9-18(15-26(25)39-2)28-21-7-3-4-8-22(21)29(37)35(34-28)12-6-5-11-33-17-24(36)19-13-20(16-31)27(32)23(30)14-19/h3-4,9-10,13-15,21-22,24,33,36H,5-8,11-12,17,32H2,1-2H3. The van der Waals surface area contributed by atoms with Gasteiger partial charge in [-0.25, -0.2) is 5.01 Å². The number of amides is 1. The molecule has 0 saturated carbocycles. The van der Waals surface area contributed by atoms with E-state index in [1.54, 1.807) is 31.4 Å². The number of allylic oxidation sites excluding steroid dienone is 2. The van der Waals surface area contributed by atoms with Crippen LogP contribution in [-0.2, 0) is 4.79 Å². The van der Waals surface area contributed by atoms with E-state index in [-0.39, 0.29) is 34.0 Å². The summed E-state index contributed by atoms with van der Waals surface area (Å²) < 4.78 is 10.9. The molecule has 1 heterocycles. The third-order valence-corrected chi connectivity index (χ3v) is 7.54. The average molecular weight is 552 g/mol. The van der Waals surface area contributed by atoms with E-state index in [9.17, 15) is 15.2 Å². The number of unbranched alkanes of at least 4 members (excludes halogenated alkanes) is 1. The van der Waals surface area contributed by atoms with Gasteiger partial charge in [-0.05, 0) is 68.1 Å². The molecule has 0 fully saturated rings. The number of nitrogens with zero attached hydrogens (tertiary/aromatic N) is 3. The van der Waals surface area contributed by atoms with E-state index in [1.165, 1.54) is 0 Å². The lowest BCUT2D eigenvalue weighted by molar-refractivity contribution is -0.137. The number of carbonyl (C=O) groups excluding carboxylic acids is 1. The van der Waals surface area contributed by atoms with Crippen LogP contribution in [-0.4, -0.2) is 55.6 Å². The number of anilines is 1. The van der Waals surface area contributed by atoms with Gasteiger partial charge in [-0.3, -0.25) is 4.79 Å². The summed E-state index contributed by atoms with van der Waals surface area (Å²) in [4.78, 5) is 13.3. The molecule has 9 nitrogen and oxygen atoms in total. The maximum Gasteiger partial charge on any atom is 0.246 e. The number of aliphatic hydroxyl groups excluding tert-OH is 1. The molecule has 39 heavy (non-hydrogen) atoms. The molecule has 0 aromatic heterocycles. The first-order valence-electron chi connectivity index (χ1n) is 13.0. The smallest absolute Gasteiger partial charge is 0.246 e. The van der Waals surface area contributed by atoms with Gasteiger partial charge in [0, 0.05) is 24.6 Å². The maximum atomic E-state index is 13.3. The lowest BCUT2D eigenvalue weighted by Crippen LogP contribution is -2.45. The minimum Gasteiger partial charge on any atom is -0.493 e. The first-order valence-corrected chi connectivity index (χ1v) is 13.4. The molecule has 0 saturated heterocycles. The molecule has 1 aliphatic heterocycles. The normalized spacial score (nSPS) is 19.2. The molecule has 2 aromatic carbocycles. The minimum atomic E-state index is -0.830. The van der Waals surface area contributed by atoms with Gasteiger partial charge < -0.3 is 25.6 Å². The zero-order valence-corrected chi connectivity index (χ0v) is 22.9. The van der Waals surface area contributed by atoms with Crippen LogP contribution in [0.2, 0.25) is 5.02 Å². The van der Waals surface area contributed by atoms with E-state index < -0.39 is 6.10 Å². The summed E-state index contributed by atoms with van der Waals surface area (Å²) in [6.45, 7) is 1.45. The van der Waals surface area contributed by atoms with Crippen molar-refractivity contribution in [1.82, 2.24) is 10.3 Å². The fourth-order valence-electron chi connectivity index (χ4n) is 5.05. The molecule has 0 spiro atoms. The predicted molar refractivity (Wildman–Crippen MR) is 151 cm³/mol. The number of nitrogens with one attached hydrogen (secondary N) is 1. The number of rotatable bonds is 11. The summed E-state index contributed by atoms with van der Waals surface area (Å²) in [5.41, 5.74) is 8.59. The zero-order chi connectivity index (χ0) is 27.9. The molecule has 1 aliphatic carbocycles. The number of nitriles is 1. The second-order valence-electron chi connectivity index (χ2n) is 9.67. The van der Waals surface area contributed by atoms with Crippen molar-refractivity contribution in [3.05, 3.63) is 64.2 Å². The second-order valence-corrected chi connectivity index (χ2v) is 10.1. The van der Waals surface area contributed by atoms with Gasteiger partial charge in [0.2, 0.25) is 5.91 Å². The Labute approximate surface area is 233 Å². The minimum absolute atomic E-state index is 0.0309. The van der Waals surface area contributed by atoms with E-state index in [0.29, 0.717) is 43.1 Å². The van der Waals surface area contributed by atoms with Crippen LogP contribution in [0.25, 0.3) is 0 Å². The second kappa shape index (κ2) is 13.0. The van der Waals surface area contributed by atoms with Crippen LogP contribution in [0.5, 0.6) is 11.5 Å². The lowest BCUT2D eigenvalue weighted by atomic mass is 9.76. The number of benzene rings is 2. The number of ether oxygens (including phenoxy) is 2. The number of fused-ring (bicyclic) bond motifs is 1. The molecule has 206 valence electrons. The summed E-state index contributed by atoms with van der Waals surface area (Å²) in [7, 11) is 3.21. The molecule has 3 unspecified atom stereocenters. The third kappa shape index (κ3) is 6.36. The number of nitrogen functional groups attached to an aromatic ring is 1.